The van der Waals surface area contributed by atoms with Crippen molar-refractivity contribution in [2.45, 2.75) is 39.8 Å². The van der Waals surface area contributed by atoms with Gasteiger partial charge >= 0.3 is 0 Å². The second-order valence-corrected chi connectivity index (χ2v) is 5.87. The van der Waals surface area contributed by atoms with Crippen molar-refractivity contribution in [3.63, 3.8) is 0 Å². The highest BCUT2D eigenvalue weighted by atomic mass is 16.5. The van der Waals surface area contributed by atoms with E-state index in [2.05, 4.69) is 55.3 Å². The molecular weight excluding hydrogens is 248 g/mol. The van der Waals surface area contributed by atoms with E-state index in [-0.39, 0.29) is 0 Å². The lowest BCUT2D eigenvalue weighted by molar-refractivity contribution is 0.122. The van der Waals surface area contributed by atoms with E-state index < -0.39 is 0 Å². The molecule has 0 spiro atoms. The number of hydrogen-bond acceptors (Lipinski definition) is 3. The average Bonchev–Trinajstić information content (AvgIpc) is 2.49. The molecule has 1 unspecified atom stereocenters. The van der Waals surface area contributed by atoms with Crippen molar-refractivity contribution in [2.75, 3.05) is 31.2 Å². The lowest BCUT2D eigenvalue weighted by atomic mass is 10.0. The minimum absolute atomic E-state index is 0.591. The van der Waals surface area contributed by atoms with Gasteiger partial charge in [-0.15, -0.1) is 0 Å². The number of para-hydroxylation sites is 1. The van der Waals surface area contributed by atoms with E-state index in [1.165, 1.54) is 17.7 Å². The molecule has 0 amide bonds. The standard InChI is InChI=1S/C17H28N2O/c1-4-16(14(2)3)18-13-15-7-5-6-8-17(15)19-9-11-20-12-10-19/h5-8,14,16,18H,4,9-13H2,1-3H3. The maximum atomic E-state index is 5.45. The molecule has 3 nitrogen and oxygen atoms in total. The van der Waals surface area contributed by atoms with Gasteiger partial charge in [-0.1, -0.05) is 39.0 Å². The van der Waals surface area contributed by atoms with Crippen molar-refractivity contribution in [3.8, 4) is 0 Å². The number of hydrogen-bond donors (Lipinski definition) is 1. The highest BCUT2D eigenvalue weighted by Crippen LogP contribution is 2.22. The minimum Gasteiger partial charge on any atom is -0.378 e. The van der Waals surface area contributed by atoms with Crippen molar-refractivity contribution < 1.29 is 4.74 Å². The molecule has 1 aliphatic heterocycles. The number of nitrogens with zero attached hydrogens (tertiary/aromatic N) is 1. The van der Waals surface area contributed by atoms with Crippen LogP contribution in [0.3, 0.4) is 0 Å². The molecule has 1 aliphatic rings. The van der Waals surface area contributed by atoms with E-state index >= 15 is 0 Å². The zero-order valence-electron chi connectivity index (χ0n) is 13.1. The molecule has 0 bridgehead atoms. The zero-order chi connectivity index (χ0) is 14.4. The molecule has 112 valence electrons. The first kappa shape index (κ1) is 15.3. The van der Waals surface area contributed by atoms with E-state index in [0.29, 0.717) is 12.0 Å². The first-order valence-corrected chi connectivity index (χ1v) is 7.86. The fourth-order valence-electron chi connectivity index (χ4n) is 2.87. The summed E-state index contributed by atoms with van der Waals surface area (Å²) < 4.78 is 5.45. The van der Waals surface area contributed by atoms with Crippen LogP contribution in [-0.4, -0.2) is 32.3 Å². The van der Waals surface area contributed by atoms with Gasteiger partial charge in [-0.05, 0) is 24.0 Å². The van der Waals surface area contributed by atoms with Crippen LogP contribution < -0.4 is 10.2 Å². The van der Waals surface area contributed by atoms with Crippen LogP contribution in [0.2, 0.25) is 0 Å². The van der Waals surface area contributed by atoms with Crippen LogP contribution in [0.15, 0.2) is 24.3 Å². The fraction of sp³-hybridized carbons (Fsp3) is 0.647. The average molecular weight is 276 g/mol. The first-order chi connectivity index (χ1) is 9.72. The first-order valence-electron chi connectivity index (χ1n) is 7.86. The van der Waals surface area contributed by atoms with Crippen LogP contribution in [0.25, 0.3) is 0 Å². The van der Waals surface area contributed by atoms with E-state index in [0.717, 1.165) is 32.8 Å². The molecular formula is C17H28N2O. The lowest BCUT2D eigenvalue weighted by Crippen LogP contribution is -2.38. The third-order valence-electron chi connectivity index (χ3n) is 4.14. The molecule has 1 heterocycles. The lowest BCUT2D eigenvalue weighted by Gasteiger charge is -2.31. The monoisotopic (exact) mass is 276 g/mol. The Balaban J connectivity index is 2.03. The van der Waals surface area contributed by atoms with Crippen molar-refractivity contribution in [3.05, 3.63) is 29.8 Å². The third-order valence-corrected chi connectivity index (χ3v) is 4.14. The number of rotatable bonds is 6. The zero-order valence-corrected chi connectivity index (χ0v) is 13.1. The predicted molar refractivity (Wildman–Crippen MR) is 85.2 cm³/mol. The largest absolute Gasteiger partial charge is 0.378 e. The maximum Gasteiger partial charge on any atom is 0.0642 e. The van der Waals surface area contributed by atoms with Gasteiger partial charge in [-0.3, -0.25) is 0 Å². The van der Waals surface area contributed by atoms with Gasteiger partial charge in [-0.2, -0.15) is 0 Å². The van der Waals surface area contributed by atoms with Crippen LogP contribution in [-0.2, 0) is 11.3 Å². The molecule has 3 heteroatoms. The highest BCUT2D eigenvalue weighted by molar-refractivity contribution is 5.53. The molecule has 0 aromatic heterocycles. The molecule has 20 heavy (non-hydrogen) atoms. The third kappa shape index (κ3) is 3.97. The van der Waals surface area contributed by atoms with E-state index in [9.17, 15) is 0 Å². The van der Waals surface area contributed by atoms with Crippen LogP contribution in [0.1, 0.15) is 32.8 Å². The second kappa shape index (κ2) is 7.65. The number of anilines is 1. The van der Waals surface area contributed by atoms with Gasteiger partial charge in [0.1, 0.15) is 0 Å². The molecule has 0 radical (unpaired) electrons. The minimum atomic E-state index is 0.591. The van der Waals surface area contributed by atoms with Gasteiger partial charge in [0.2, 0.25) is 0 Å². The predicted octanol–water partition coefficient (Wildman–Crippen LogP) is 3.05. The summed E-state index contributed by atoms with van der Waals surface area (Å²) in [6, 6.07) is 9.34. The summed E-state index contributed by atoms with van der Waals surface area (Å²) in [7, 11) is 0. The SMILES string of the molecule is CCC(NCc1ccccc1N1CCOCC1)C(C)C. The number of ether oxygens (including phenoxy) is 1. The number of nitrogens with one attached hydrogen (secondary N) is 1. The van der Waals surface area contributed by atoms with Crippen LogP contribution in [0.4, 0.5) is 5.69 Å². The summed E-state index contributed by atoms with van der Waals surface area (Å²) >= 11 is 0. The number of benzene rings is 1. The molecule has 1 fully saturated rings. The van der Waals surface area contributed by atoms with Crippen molar-refractivity contribution >= 4 is 5.69 Å². The van der Waals surface area contributed by atoms with Crippen molar-refractivity contribution in [1.82, 2.24) is 5.32 Å². The molecule has 2 rings (SSSR count). The molecule has 1 aromatic carbocycles. The van der Waals surface area contributed by atoms with Gasteiger partial charge in [0.15, 0.2) is 0 Å². The Labute approximate surface area is 123 Å². The van der Waals surface area contributed by atoms with Gasteiger partial charge < -0.3 is 15.0 Å². The van der Waals surface area contributed by atoms with Gasteiger partial charge in [0.05, 0.1) is 13.2 Å². The van der Waals surface area contributed by atoms with E-state index in [1.54, 1.807) is 0 Å². The Morgan fingerprint density at radius 2 is 1.90 bits per heavy atom. The normalized spacial score (nSPS) is 17.5. The molecule has 0 saturated carbocycles. The summed E-state index contributed by atoms with van der Waals surface area (Å²) in [5.41, 5.74) is 2.76. The summed E-state index contributed by atoms with van der Waals surface area (Å²) in [6.07, 6.45) is 1.18. The topological polar surface area (TPSA) is 24.5 Å². The summed E-state index contributed by atoms with van der Waals surface area (Å²) in [5, 5.41) is 3.71. The Bertz CT molecular complexity index is 400. The molecule has 1 aromatic rings. The second-order valence-electron chi connectivity index (χ2n) is 5.87. The van der Waals surface area contributed by atoms with Gasteiger partial charge in [-0.25, -0.2) is 0 Å². The van der Waals surface area contributed by atoms with Crippen molar-refractivity contribution in [1.29, 1.82) is 0 Å². The van der Waals surface area contributed by atoms with Crippen LogP contribution in [0, 0.1) is 5.92 Å². The smallest absolute Gasteiger partial charge is 0.0642 e. The molecule has 0 aliphatic carbocycles. The molecule has 1 N–H and O–H groups in total. The molecule has 1 saturated heterocycles. The van der Waals surface area contributed by atoms with Crippen LogP contribution in [0.5, 0.6) is 0 Å². The maximum absolute atomic E-state index is 5.45. The van der Waals surface area contributed by atoms with E-state index in [4.69, 9.17) is 4.74 Å². The fourth-order valence-corrected chi connectivity index (χ4v) is 2.87. The summed E-state index contributed by atoms with van der Waals surface area (Å²) in [6.45, 7) is 11.5. The van der Waals surface area contributed by atoms with Gasteiger partial charge in [0, 0.05) is 31.4 Å². The Morgan fingerprint density at radius 3 is 2.55 bits per heavy atom. The van der Waals surface area contributed by atoms with Crippen molar-refractivity contribution in [2.24, 2.45) is 5.92 Å². The van der Waals surface area contributed by atoms with E-state index in [1.807, 2.05) is 0 Å². The van der Waals surface area contributed by atoms with Crippen LogP contribution >= 0.6 is 0 Å². The van der Waals surface area contributed by atoms with Gasteiger partial charge in [0.25, 0.3) is 0 Å². The number of morpholine rings is 1. The quantitative estimate of drug-likeness (QED) is 0.864. The Hall–Kier alpha value is -1.06. The summed E-state index contributed by atoms with van der Waals surface area (Å²) in [5.74, 6) is 0.676. The highest BCUT2D eigenvalue weighted by Gasteiger charge is 2.15. The summed E-state index contributed by atoms with van der Waals surface area (Å²) in [4.78, 5) is 2.44. The Morgan fingerprint density at radius 1 is 1.20 bits per heavy atom. The molecule has 1 atom stereocenters. The Kier molecular flexibility index (Phi) is 5.86.